The fourth-order valence-electron chi connectivity index (χ4n) is 2.34. The third-order valence-electron chi connectivity index (χ3n) is 3.51. The molecule has 25 heavy (non-hydrogen) atoms. The molecule has 0 aliphatic heterocycles. The highest BCUT2D eigenvalue weighted by Gasteiger charge is 2.18. The number of nitrogens with zero attached hydrogens (tertiary/aromatic N) is 2. The van der Waals surface area contributed by atoms with Crippen LogP contribution in [0.25, 0.3) is 11.0 Å². The highest BCUT2D eigenvalue weighted by molar-refractivity contribution is 5.91. The zero-order chi connectivity index (χ0) is 18.2. The first-order valence-corrected chi connectivity index (χ1v) is 7.83. The average Bonchev–Trinajstić information content (AvgIpc) is 2.96. The van der Waals surface area contributed by atoms with Gasteiger partial charge in [0.1, 0.15) is 5.82 Å². The third kappa shape index (κ3) is 4.91. The number of hydrogen-bond acceptors (Lipinski definition) is 5. The number of aromatic nitrogens is 2. The fourth-order valence-corrected chi connectivity index (χ4v) is 2.34. The number of amides is 2. The van der Waals surface area contributed by atoms with Crippen molar-refractivity contribution in [2.24, 2.45) is 0 Å². The molecule has 0 unspecified atom stereocenters. The molecule has 9 heteroatoms. The Morgan fingerprint density at radius 3 is 2.76 bits per heavy atom. The smallest absolute Gasteiger partial charge is 0.405 e. The van der Waals surface area contributed by atoms with Crippen LogP contribution in [0.1, 0.15) is 11.4 Å². The molecular formula is C16H22N4O5. The minimum absolute atomic E-state index is 0.0682. The van der Waals surface area contributed by atoms with Crippen molar-refractivity contribution in [1.29, 1.82) is 0 Å². The molecular weight excluding hydrogens is 328 g/mol. The van der Waals surface area contributed by atoms with E-state index in [0.717, 1.165) is 5.56 Å². The molecule has 0 spiro atoms. The zero-order valence-electron chi connectivity index (χ0n) is 14.2. The molecule has 1 aromatic heterocycles. The topological polar surface area (TPSA) is 115 Å². The highest BCUT2D eigenvalue weighted by atomic mass is 16.5. The molecule has 2 rings (SSSR count). The van der Waals surface area contributed by atoms with Gasteiger partial charge in [-0.15, -0.1) is 0 Å². The largest absolute Gasteiger partial charge is 0.465 e. The number of methoxy groups -OCH3 is 1. The predicted octanol–water partition coefficient (Wildman–Crippen LogP) is 1.33. The number of carbonyl (C=O) groups excluding carboxylic acids is 1. The monoisotopic (exact) mass is 350 g/mol. The van der Waals surface area contributed by atoms with Gasteiger partial charge in [-0.3, -0.25) is 0 Å². The summed E-state index contributed by atoms with van der Waals surface area (Å²) in [5.41, 5.74) is 2.19. The zero-order valence-corrected chi connectivity index (χ0v) is 14.2. The minimum atomic E-state index is -1.18. The lowest BCUT2D eigenvalue weighted by molar-refractivity contribution is 0.0727. The van der Waals surface area contributed by atoms with Gasteiger partial charge in [-0.05, 0) is 18.6 Å². The first kappa shape index (κ1) is 18.7. The van der Waals surface area contributed by atoms with Gasteiger partial charge >= 0.3 is 12.1 Å². The normalized spacial score (nSPS) is 10.8. The molecule has 0 aliphatic rings. The number of carboxylic acid groups (broad SMARTS) is 1. The number of ether oxygens (including phenoxy) is 2. The maximum atomic E-state index is 12.5. The van der Waals surface area contributed by atoms with Crippen molar-refractivity contribution in [3.63, 3.8) is 0 Å². The number of benzene rings is 1. The van der Waals surface area contributed by atoms with E-state index in [9.17, 15) is 9.59 Å². The van der Waals surface area contributed by atoms with Crippen molar-refractivity contribution in [3.8, 4) is 0 Å². The van der Waals surface area contributed by atoms with Crippen molar-refractivity contribution in [3.05, 3.63) is 29.6 Å². The molecule has 0 fully saturated rings. The Kier molecular flexibility index (Phi) is 6.72. The Bertz CT molecular complexity index is 743. The number of rotatable bonds is 8. The molecule has 1 heterocycles. The van der Waals surface area contributed by atoms with E-state index >= 15 is 0 Å². The van der Waals surface area contributed by atoms with Crippen molar-refractivity contribution >= 4 is 23.2 Å². The second-order valence-corrected chi connectivity index (χ2v) is 5.30. The fraction of sp³-hybridized carbons (Fsp3) is 0.438. The SMILES string of the molecule is COCCOCCNC(=O)n1c(CNC(=O)O)nc2c(C)cccc21. The van der Waals surface area contributed by atoms with Gasteiger partial charge < -0.3 is 25.2 Å². The highest BCUT2D eigenvalue weighted by Crippen LogP contribution is 2.19. The lowest BCUT2D eigenvalue weighted by Crippen LogP contribution is -2.34. The number of carbonyl (C=O) groups is 2. The number of para-hydroxylation sites is 1. The summed E-state index contributed by atoms with van der Waals surface area (Å²) in [7, 11) is 1.59. The number of imidazole rings is 1. The molecule has 0 radical (unpaired) electrons. The van der Waals surface area contributed by atoms with Crippen LogP contribution in [0.15, 0.2) is 18.2 Å². The van der Waals surface area contributed by atoms with Crippen LogP contribution in [-0.4, -0.2) is 60.3 Å². The molecule has 2 aromatic rings. The van der Waals surface area contributed by atoms with Gasteiger partial charge in [0.15, 0.2) is 0 Å². The van der Waals surface area contributed by atoms with E-state index in [1.165, 1.54) is 4.57 Å². The van der Waals surface area contributed by atoms with Gasteiger partial charge in [-0.25, -0.2) is 19.1 Å². The van der Waals surface area contributed by atoms with Crippen LogP contribution in [0, 0.1) is 6.92 Å². The van der Waals surface area contributed by atoms with Gasteiger partial charge in [0.25, 0.3) is 0 Å². The van der Waals surface area contributed by atoms with E-state index in [1.807, 2.05) is 19.1 Å². The summed E-state index contributed by atoms with van der Waals surface area (Å²) in [5, 5.41) is 13.8. The second-order valence-electron chi connectivity index (χ2n) is 5.30. The summed E-state index contributed by atoms with van der Waals surface area (Å²) in [6, 6.07) is 5.10. The number of nitrogens with one attached hydrogen (secondary N) is 2. The van der Waals surface area contributed by atoms with E-state index in [4.69, 9.17) is 14.6 Å². The van der Waals surface area contributed by atoms with E-state index in [-0.39, 0.29) is 12.6 Å². The summed E-state index contributed by atoms with van der Waals surface area (Å²) in [4.78, 5) is 27.7. The quantitative estimate of drug-likeness (QED) is 0.619. The van der Waals surface area contributed by atoms with Crippen LogP contribution < -0.4 is 10.6 Å². The van der Waals surface area contributed by atoms with Gasteiger partial charge in [-0.1, -0.05) is 12.1 Å². The number of aryl methyl sites for hydroxylation is 1. The molecule has 1 aromatic carbocycles. The van der Waals surface area contributed by atoms with Gasteiger partial charge in [0.2, 0.25) is 0 Å². The summed E-state index contributed by atoms with van der Waals surface area (Å²) in [6.07, 6.45) is -1.18. The standard InChI is InChI=1S/C16H22N4O5/c1-11-4-3-5-12-14(11)19-13(10-18-16(22)23)20(12)15(21)17-6-7-25-9-8-24-2/h3-5,18H,6-10H2,1-2H3,(H,17,21)(H,22,23). The maximum absolute atomic E-state index is 12.5. The van der Waals surface area contributed by atoms with Crippen molar-refractivity contribution in [1.82, 2.24) is 20.2 Å². The van der Waals surface area contributed by atoms with E-state index in [1.54, 1.807) is 13.2 Å². The molecule has 136 valence electrons. The lowest BCUT2D eigenvalue weighted by atomic mass is 10.2. The van der Waals surface area contributed by atoms with Crippen LogP contribution in [0.5, 0.6) is 0 Å². The molecule has 9 nitrogen and oxygen atoms in total. The second kappa shape index (κ2) is 9.00. The van der Waals surface area contributed by atoms with Crippen LogP contribution >= 0.6 is 0 Å². The van der Waals surface area contributed by atoms with Gasteiger partial charge in [0, 0.05) is 13.7 Å². The summed E-state index contributed by atoms with van der Waals surface area (Å²) >= 11 is 0. The number of hydrogen-bond donors (Lipinski definition) is 3. The Labute approximate surface area is 144 Å². The Hall–Kier alpha value is -2.65. The maximum Gasteiger partial charge on any atom is 0.405 e. The molecule has 0 aliphatic carbocycles. The summed E-state index contributed by atoms with van der Waals surface area (Å²) < 4.78 is 11.6. The van der Waals surface area contributed by atoms with Crippen LogP contribution in [0.2, 0.25) is 0 Å². The van der Waals surface area contributed by atoms with E-state index in [2.05, 4.69) is 15.6 Å². The Morgan fingerprint density at radius 1 is 1.24 bits per heavy atom. The predicted molar refractivity (Wildman–Crippen MR) is 90.8 cm³/mol. The summed E-state index contributed by atoms with van der Waals surface area (Å²) in [5.74, 6) is 0.324. The first-order valence-electron chi connectivity index (χ1n) is 7.83. The first-order chi connectivity index (χ1) is 12.0. The number of fused-ring (bicyclic) bond motifs is 1. The van der Waals surface area contributed by atoms with Crippen LogP contribution in [-0.2, 0) is 16.0 Å². The van der Waals surface area contributed by atoms with Crippen molar-refractivity contribution in [2.45, 2.75) is 13.5 Å². The minimum Gasteiger partial charge on any atom is -0.465 e. The molecule has 0 atom stereocenters. The molecule has 2 amide bonds. The van der Waals surface area contributed by atoms with Gasteiger partial charge in [-0.2, -0.15) is 0 Å². The van der Waals surface area contributed by atoms with Crippen molar-refractivity contribution < 1.29 is 24.2 Å². The van der Waals surface area contributed by atoms with Crippen LogP contribution in [0.4, 0.5) is 9.59 Å². The third-order valence-corrected chi connectivity index (χ3v) is 3.51. The molecule has 0 saturated heterocycles. The average molecular weight is 350 g/mol. The van der Waals surface area contributed by atoms with Crippen LogP contribution in [0.3, 0.4) is 0 Å². The van der Waals surface area contributed by atoms with Gasteiger partial charge in [0.05, 0.1) is 37.4 Å². The lowest BCUT2D eigenvalue weighted by Gasteiger charge is -2.10. The van der Waals surface area contributed by atoms with Crippen molar-refractivity contribution in [2.75, 3.05) is 33.5 Å². The Morgan fingerprint density at radius 2 is 2.04 bits per heavy atom. The molecule has 0 bridgehead atoms. The molecule has 3 N–H and O–H groups in total. The molecule has 0 saturated carbocycles. The Balaban J connectivity index is 2.13. The summed E-state index contributed by atoms with van der Waals surface area (Å²) in [6.45, 7) is 3.43. The van der Waals surface area contributed by atoms with E-state index < -0.39 is 6.09 Å². The van der Waals surface area contributed by atoms with E-state index in [0.29, 0.717) is 43.2 Å².